The summed E-state index contributed by atoms with van der Waals surface area (Å²) >= 11 is 5.43. The first-order valence-electron chi connectivity index (χ1n) is 6.53. The van der Waals surface area contributed by atoms with Crippen molar-refractivity contribution in [2.24, 2.45) is 5.73 Å². The molecule has 4 heteroatoms. The molecular formula is C15H17BrN2S. The summed E-state index contributed by atoms with van der Waals surface area (Å²) in [4.78, 5) is 4.04. The molecule has 0 spiro atoms. The number of rotatable bonds is 3. The van der Waals surface area contributed by atoms with Gasteiger partial charge in [-0.15, -0.1) is 11.3 Å². The largest absolute Gasteiger partial charge is 0.329 e. The summed E-state index contributed by atoms with van der Waals surface area (Å²) in [6, 6.07) is 11.1. The topological polar surface area (TPSA) is 29.3 Å². The van der Waals surface area contributed by atoms with E-state index in [2.05, 4.69) is 56.5 Å². The van der Waals surface area contributed by atoms with Crippen LogP contribution in [0.2, 0.25) is 0 Å². The smallest absolute Gasteiger partial charge is 0.0474 e. The van der Waals surface area contributed by atoms with Gasteiger partial charge >= 0.3 is 0 Å². The molecule has 1 aromatic carbocycles. The first kappa shape index (κ1) is 13.3. The van der Waals surface area contributed by atoms with E-state index in [-0.39, 0.29) is 0 Å². The summed E-state index contributed by atoms with van der Waals surface area (Å²) in [5.41, 5.74) is 8.80. The third-order valence-corrected chi connectivity index (χ3v) is 5.25. The molecule has 2 nitrogen and oxygen atoms in total. The van der Waals surface area contributed by atoms with Crippen molar-refractivity contribution in [2.45, 2.75) is 19.0 Å². The maximum Gasteiger partial charge on any atom is 0.0474 e. The van der Waals surface area contributed by atoms with Gasteiger partial charge in [0.05, 0.1) is 0 Å². The van der Waals surface area contributed by atoms with Crippen molar-refractivity contribution in [3.8, 4) is 0 Å². The van der Waals surface area contributed by atoms with Crippen LogP contribution in [-0.2, 0) is 13.0 Å². The molecule has 0 saturated carbocycles. The van der Waals surface area contributed by atoms with E-state index in [1.165, 1.54) is 11.1 Å². The van der Waals surface area contributed by atoms with E-state index >= 15 is 0 Å². The molecule has 0 aliphatic carbocycles. The molecule has 0 radical (unpaired) electrons. The molecule has 2 heterocycles. The minimum atomic E-state index is 0.311. The highest BCUT2D eigenvalue weighted by Crippen LogP contribution is 2.30. The zero-order valence-corrected chi connectivity index (χ0v) is 13.1. The van der Waals surface area contributed by atoms with E-state index in [0.717, 1.165) is 24.0 Å². The fraction of sp³-hybridized carbons (Fsp3) is 0.333. The lowest BCUT2D eigenvalue weighted by Crippen LogP contribution is -2.37. The van der Waals surface area contributed by atoms with Crippen molar-refractivity contribution >= 4 is 27.3 Å². The maximum absolute atomic E-state index is 6.03. The van der Waals surface area contributed by atoms with Gasteiger partial charge in [-0.05, 0) is 41.1 Å². The highest BCUT2D eigenvalue weighted by molar-refractivity contribution is 9.10. The van der Waals surface area contributed by atoms with E-state index in [4.69, 9.17) is 5.73 Å². The van der Waals surface area contributed by atoms with Crippen LogP contribution < -0.4 is 5.73 Å². The van der Waals surface area contributed by atoms with Gasteiger partial charge in [-0.1, -0.05) is 28.1 Å². The Morgan fingerprint density at radius 3 is 3.05 bits per heavy atom. The van der Waals surface area contributed by atoms with Gasteiger partial charge in [-0.2, -0.15) is 0 Å². The summed E-state index contributed by atoms with van der Waals surface area (Å²) in [6.07, 6.45) is 1.15. The van der Waals surface area contributed by atoms with E-state index in [1.807, 2.05) is 11.3 Å². The molecule has 1 unspecified atom stereocenters. The lowest BCUT2D eigenvalue weighted by atomic mass is 10.0. The summed E-state index contributed by atoms with van der Waals surface area (Å²) in [6.45, 7) is 2.78. The quantitative estimate of drug-likeness (QED) is 0.928. The SMILES string of the molecule is NCC(c1cccc(Br)c1)N1CCc2sccc2C1. The van der Waals surface area contributed by atoms with Crippen molar-refractivity contribution in [1.82, 2.24) is 4.90 Å². The van der Waals surface area contributed by atoms with Crippen molar-refractivity contribution in [2.75, 3.05) is 13.1 Å². The van der Waals surface area contributed by atoms with Crippen LogP contribution in [0.1, 0.15) is 22.0 Å². The molecule has 100 valence electrons. The number of nitrogens with zero attached hydrogens (tertiary/aromatic N) is 1. The molecule has 2 N–H and O–H groups in total. The first-order valence-corrected chi connectivity index (χ1v) is 8.20. The van der Waals surface area contributed by atoms with Crippen molar-refractivity contribution in [1.29, 1.82) is 0 Å². The molecule has 0 bridgehead atoms. The number of fused-ring (bicyclic) bond motifs is 1. The zero-order chi connectivity index (χ0) is 13.2. The fourth-order valence-electron chi connectivity index (χ4n) is 2.75. The van der Waals surface area contributed by atoms with Gasteiger partial charge < -0.3 is 5.73 Å². The fourth-order valence-corrected chi connectivity index (χ4v) is 4.05. The zero-order valence-electron chi connectivity index (χ0n) is 10.7. The molecule has 0 saturated heterocycles. The Morgan fingerprint density at radius 2 is 2.26 bits per heavy atom. The number of hydrogen-bond acceptors (Lipinski definition) is 3. The van der Waals surface area contributed by atoms with Gasteiger partial charge in [0.15, 0.2) is 0 Å². The van der Waals surface area contributed by atoms with Crippen LogP contribution in [0.15, 0.2) is 40.2 Å². The second kappa shape index (κ2) is 5.75. The number of halogens is 1. The number of hydrogen-bond donors (Lipinski definition) is 1. The Hall–Kier alpha value is -0.680. The minimum Gasteiger partial charge on any atom is -0.329 e. The van der Waals surface area contributed by atoms with Gasteiger partial charge in [0, 0.05) is 35.0 Å². The normalized spacial score (nSPS) is 17.2. The van der Waals surface area contributed by atoms with Crippen molar-refractivity contribution in [3.63, 3.8) is 0 Å². The van der Waals surface area contributed by atoms with Crippen molar-refractivity contribution in [3.05, 3.63) is 56.2 Å². The maximum atomic E-state index is 6.03. The third-order valence-electron chi connectivity index (χ3n) is 3.73. The molecule has 3 rings (SSSR count). The number of thiophene rings is 1. The van der Waals surface area contributed by atoms with Crippen LogP contribution >= 0.6 is 27.3 Å². The predicted octanol–water partition coefficient (Wildman–Crippen LogP) is 3.57. The van der Waals surface area contributed by atoms with Crippen molar-refractivity contribution < 1.29 is 0 Å². The van der Waals surface area contributed by atoms with Gasteiger partial charge in [-0.3, -0.25) is 4.90 Å². The molecule has 1 aromatic heterocycles. The van der Waals surface area contributed by atoms with Gasteiger partial charge in [0.2, 0.25) is 0 Å². The van der Waals surface area contributed by atoms with Crippen LogP contribution in [0.4, 0.5) is 0 Å². The molecule has 0 amide bonds. The Kier molecular flexibility index (Phi) is 4.03. The molecule has 1 aliphatic heterocycles. The highest BCUT2D eigenvalue weighted by atomic mass is 79.9. The number of benzene rings is 1. The van der Waals surface area contributed by atoms with E-state index in [9.17, 15) is 0 Å². The monoisotopic (exact) mass is 336 g/mol. The van der Waals surface area contributed by atoms with Crippen LogP contribution in [0.3, 0.4) is 0 Å². The molecule has 1 atom stereocenters. The first-order chi connectivity index (χ1) is 9.28. The van der Waals surface area contributed by atoms with Crippen LogP contribution in [0.25, 0.3) is 0 Å². The average molecular weight is 337 g/mol. The van der Waals surface area contributed by atoms with Crippen LogP contribution in [0.5, 0.6) is 0 Å². The lowest BCUT2D eigenvalue weighted by Gasteiger charge is -2.34. The van der Waals surface area contributed by atoms with Crippen LogP contribution in [-0.4, -0.2) is 18.0 Å². The lowest BCUT2D eigenvalue weighted by molar-refractivity contribution is 0.185. The minimum absolute atomic E-state index is 0.311. The molecule has 19 heavy (non-hydrogen) atoms. The third kappa shape index (κ3) is 2.77. The van der Waals surface area contributed by atoms with E-state index in [1.54, 1.807) is 4.88 Å². The highest BCUT2D eigenvalue weighted by Gasteiger charge is 2.24. The molecule has 0 fully saturated rings. The average Bonchev–Trinajstić information content (AvgIpc) is 2.87. The molecule has 1 aliphatic rings. The Morgan fingerprint density at radius 1 is 1.37 bits per heavy atom. The van der Waals surface area contributed by atoms with E-state index in [0.29, 0.717) is 12.6 Å². The van der Waals surface area contributed by atoms with Gasteiger partial charge in [-0.25, -0.2) is 0 Å². The second-order valence-corrected chi connectivity index (χ2v) is 6.81. The summed E-state index contributed by atoms with van der Waals surface area (Å²) in [5.74, 6) is 0. The van der Waals surface area contributed by atoms with Gasteiger partial charge in [0.25, 0.3) is 0 Å². The summed E-state index contributed by atoms with van der Waals surface area (Å²) < 4.78 is 1.12. The Balaban J connectivity index is 1.84. The molecular weight excluding hydrogens is 320 g/mol. The summed E-state index contributed by atoms with van der Waals surface area (Å²) in [7, 11) is 0. The second-order valence-electron chi connectivity index (χ2n) is 4.90. The summed E-state index contributed by atoms with van der Waals surface area (Å²) in [5, 5.41) is 2.20. The van der Waals surface area contributed by atoms with Gasteiger partial charge in [0.1, 0.15) is 0 Å². The predicted molar refractivity (Wildman–Crippen MR) is 84.4 cm³/mol. The Labute approximate surface area is 126 Å². The Bertz CT molecular complexity index is 567. The van der Waals surface area contributed by atoms with E-state index < -0.39 is 0 Å². The number of nitrogens with two attached hydrogens (primary N) is 1. The molecule has 2 aromatic rings. The van der Waals surface area contributed by atoms with Crippen LogP contribution in [0, 0.1) is 0 Å². The standard InChI is InChI=1S/C15H17BrN2S/c16-13-3-1-2-11(8-13)14(9-17)18-6-4-15-12(10-18)5-7-19-15/h1-3,5,7-8,14H,4,6,9-10,17H2.